The number of anilines is 1. The van der Waals surface area contributed by atoms with E-state index < -0.39 is 30.1 Å². The van der Waals surface area contributed by atoms with Crippen LogP contribution in [0.15, 0.2) is 59.3 Å². The molecule has 3 aromatic rings. The number of benzene rings is 1. The Kier molecular flexibility index (Phi) is 6.24. The van der Waals surface area contributed by atoms with Crippen molar-refractivity contribution in [3.05, 3.63) is 71.9 Å². The highest BCUT2D eigenvalue weighted by molar-refractivity contribution is 5.98. The van der Waals surface area contributed by atoms with Crippen molar-refractivity contribution in [3.63, 3.8) is 0 Å². The molecule has 0 bridgehead atoms. The van der Waals surface area contributed by atoms with Gasteiger partial charge in [0.2, 0.25) is 5.91 Å². The third-order valence-electron chi connectivity index (χ3n) is 4.26. The predicted molar refractivity (Wildman–Crippen MR) is 102 cm³/mol. The average Bonchev–Trinajstić information content (AvgIpc) is 3.38. The van der Waals surface area contributed by atoms with E-state index in [2.05, 4.69) is 10.4 Å². The summed E-state index contributed by atoms with van der Waals surface area (Å²) in [5.41, 5.74) is -1.32. The lowest BCUT2D eigenvalue weighted by atomic mass is 10.1. The van der Waals surface area contributed by atoms with Gasteiger partial charge < -0.3 is 14.6 Å². The Bertz CT molecular complexity index is 1010. The predicted octanol–water partition coefficient (Wildman–Crippen LogP) is 3.64. The number of nitrogens with one attached hydrogen (secondary N) is 1. The summed E-state index contributed by atoms with van der Waals surface area (Å²) < 4.78 is 46.4. The quantitative estimate of drug-likeness (QED) is 0.633. The minimum Gasteiger partial charge on any atom is -0.454 e. The van der Waals surface area contributed by atoms with Crippen LogP contribution in [-0.2, 0) is 17.5 Å². The van der Waals surface area contributed by atoms with Crippen LogP contribution in [0.5, 0.6) is 0 Å². The molecule has 0 spiro atoms. The van der Waals surface area contributed by atoms with Gasteiger partial charge in [-0.1, -0.05) is 12.1 Å². The molecule has 30 heavy (non-hydrogen) atoms. The van der Waals surface area contributed by atoms with Gasteiger partial charge in [0, 0.05) is 18.9 Å². The molecule has 0 atom stereocenters. The maximum absolute atomic E-state index is 13.1. The van der Waals surface area contributed by atoms with E-state index in [1.165, 1.54) is 23.1 Å². The second kappa shape index (κ2) is 8.85. The molecule has 0 saturated heterocycles. The van der Waals surface area contributed by atoms with Gasteiger partial charge in [0.1, 0.15) is 12.3 Å². The van der Waals surface area contributed by atoms with E-state index in [1.54, 1.807) is 36.1 Å². The molecule has 7 nitrogen and oxygen atoms in total. The first-order chi connectivity index (χ1) is 14.3. The number of likely N-dealkylation sites (N-methyl/N-ethyl adjacent to an activating group) is 1. The van der Waals surface area contributed by atoms with E-state index in [0.717, 1.165) is 12.1 Å². The summed E-state index contributed by atoms with van der Waals surface area (Å²) in [6.45, 7) is 1.74. The van der Waals surface area contributed by atoms with Crippen LogP contribution in [0.25, 0.3) is 0 Å². The zero-order valence-electron chi connectivity index (χ0n) is 16.0. The fourth-order valence-electron chi connectivity index (χ4n) is 2.82. The van der Waals surface area contributed by atoms with E-state index in [-0.39, 0.29) is 18.0 Å². The van der Waals surface area contributed by atoms with Crippen LogP contribution in [0.3, 0.4) is 0 Å². The topological polar surface area (TPSA) is 80.4 Å². The average molecular weight is 420 g/mol. The third kappa shape index (κ3) is 5.07. The molecule has 0 radical (unpaired) electrons. The number of carbonyl (C=O) groups excluding carboxylic acids is 2. The third-order valence-corrected chi connectivity index (χ3v) is 4.26. The van der Waals surface area contributed by atoms with Gasteiger partial charge in [-0.3, -0.25) is 14.3 Å². The molecule has 1 N–H and O–H groups in total. The summed E-state index contributed by atoms with van der Waals surface area (Å²) in [4.78, 5) is 26.1. The Morgan fingerprint density at radius 1 is 1.17 bits per heavy atom. The first kappa shape index (κ1) is 21.2. The lowest BCUT2D eigenvalue weighted by molar-refractivity contribution is -0.137. The Morgan fingerprint density at radius 3 is 2.60 bits per heavy atom. The molecule has 0 saturated carbocycles. The lowest BCUT2D eigenvalue weighted by Crippen LogP contribution is -2.38. The van der Waals surface area contributed by atoms with E-state index in [0.29, 0.717) is 12.3 Å². The largest absolute Gasteiger partial charge is 0.454 e. The molecule has 3 rings (SSSR count). The number of halogens is 3. The Hall–Kier alpha value is -3.56. The molecule has 0 aliphatic heterocycles. The number of hydrogen-bond donors (Lipinski definition) is 1. The molecule has 0 aliphatic carbocycles. The maximum atomic E-state index is 13.1. The fourth-order valence-corrected chi connectivity index (χ4v) is 2.82. The molecule has 2 heterocycles. The molecule has 158 valence electrons. The second-order valence-electron chi connectivity index (χ2n) is 6.38. The van der Waals surface area contributed by atoms with Crippen LogP contribution < -0.4 is 5.32 Å². The molecule has 0 aliphatic rings. The molecule has 2 aromatic heterocycles. The molecule has 2 amide bonds. The van der Waals surface area contributed by atoms with E-state index in [1.807, 2.05) is 0 Å². The highest BCUT2D eigenvalue weighted by Gasteiger charge is 2.33. The number of amides is 2. The zero-order chi connectivity index (χ0) is 21.7. The minimum atomic E-state index is -4.61. The molecule has 10 heteroatoms. The van der Waals surface area contributed by atoms with Gasteiger partial charge >= 0.3 is 6.18 Å². The van der Waals surface area contributed by atoms with Gasteiger partial charge in [-0.2, -0.15) is 18.3 Å². The molecular formula is C20H19F3N4O3. The number of nitrogens with zero attached hydrogens (tertiary/aromatic N) is 3. The Balaban J connectivity index is 1.66. The monoisotopic (exact) mass is 420 g/mol. The van der Waals surface area contributed by atoms with E-state index >= 15 is 0 Å². The number of carbonyl (C=O) groups is 2. The number of rotatable bonds is 7. The van der Waals surface area contributed by atoms with Crippen molar-refractivity contribution in [2.45, 2.75) is 19.6 Å². The van der Waals surface area contributed by atoms with Crippen molar-refractivity contribution in [2.75, 3.05) is 18.4 Å². The lowest BCUT2D eigenvalue weighted by Gasteiger charge is -2.20. The number of para-hydroxylation sites is 1. The number of aromatic nitrogens is 2. The second-order valence-corrected chi connectivity index (χ2v) is 6.38. The summed E-state index contributed by atoms with van der Waals surface area (Å²) in [6.07, 6.45) is -1.25. The van der Waals surface area contributed by atoms with Gasteiger partial charge in [0.25, 0.3) is 5.91 Å². The van der Waals surface area contributed by atoms with E-state index in [9.17, 15) is 22.8 Å². The van der Waals surface area contributed by atoms with Crippen molar-refractivity contribution < 1.29 is 27.2 Å². The molecular weight excluding hydrogens is 401 g/mol. The van der Waals surface area contributed by atoms with Gasteiger partial charge in [0.05, 0.1) is 17.8 Å². The standard InChI is InChI=1S/C20H19F3N4O3/c1-2-26(13-18(28)25-16-7-4-3-6-15(16)20(21,22)23)19(29)17-9-8-14(30-17)12-27-11-5-10-24-27/h3-11H,2,12-13H2,1H3,(H,25,28). The fraction of sp³-hybridized carbons (Fsp3) is 0.250. The summed E-state index contributed by atoms with van der Waals surface area (Å²) in [6, 6.07) is 9.53. The molecule has 0 fully saturated rings. The highest BCUT2D eigenvalue weighted by atomic mass is 19.4. The number of alkyl halides is 3. The van der Waals surface area contributed by atoms with Crippen LogP contribution in [0.2, 0.25) is 0 Å². The first-order valence-corrected chi connectivity index (χ1v) is 9.09. The Morgan fingerprint density at radius 2 is 1.93 bits per heavy atom. The maximum Gasteiger partial charge on any atom is 0.418 e. The van der Waals surface area contributed by atoms with Crippen molar-refractivity contribution in [1.82, 2.24) is 14.7 Å². The van der Waals surface area contributed by atoms with Gasteiger partial charge in [0.15, 0.2) is 5.76 Å². The summed E-state index contributed by atoms with van der Waals surface area (Å²) >= 11 is 0. The van der Waals surface area contributed by atoms with Crippen LogP contribution in [0.4, 0.5) is 18.9 Å². The minimum absolute atomic E-state index is 0.0301. The number of hydrogen-bond acceptors (Lipinski definition) is 4. The van der Waals surface area contributed by atoms with Crippen molar-refractivity contribution >= 4 is 17.5 Å². The van der Waals surface area contributed by atoms with Crippen LogP contribution >= 0.6 is 0 Å². The van der Waals surface area contributed by atoms with Crippen molar-refractivity contribution in [3.8, 4) is 0 Å². The number of furan rings is 1. The van der Waals surface area contributed by atoms with Crippen LogP contribution in [0.1, 0.15) is 28.8 Å². The van der Waals surface area contributed by atoms with Gasteiger partial charge in [-0.05, 0) is 37.3 Å². The normalized spacial score (nSPS) is 11.3. The SMILES string of the molecule is CCN(CC(=O)Nc1ccccc1C(F)(F)F)C(=O)c1ccc(Cn2cccn2)o1. The highest BCUT2D eigenvalue weighted by Crippen LogP contribution is 2.34. The van der Waals surface area contributed by atoms with Crippen LogP contribution in [0, 0.1) is 0 Å². The first-order valence-electron chi connectivity index (χ1n) is 9.09. The smallest absolute Gasteiger partial charge is 0.418 e. The van der Waals surface area contributed by atoms with Gasteiger partial charge in [-0.15, -0.1) is 0 Å². The van der Waals surface area contributed by atoms with Crippen molar-refractivity contribution in [2.24, 2.45) is 0 Å². The zero-order valence-corrected chi connectivity index (χ0v) is 16.0. The van der Waals surface area contributed by atoms with Gasteiger partial charge in [-0.25, -0.2) is 0 Å². The Labute approximate surface area is 170 Å². The summed E-state index contributed by atoms with van der Waals surface area (Å²) in [5, 5.41) is 6.28. The van der Waals surface area contributed by atoms with Crippen LogP contribution in [-0.4, -0.2) is 39.6 Å². The molecule has 0 unspecified atom stereocenters. The van der Waals surface area contributed by atoms with E-state index in [4.69, 9.17) is 4.42 Å². The summed E-state index contributed by atoms with van der Waals surface area (Å²) in [5.74, 6) is -0.752. The molecule has 1 aromatic carbocycles. The summed E-state index contributed by atoms with van der Waals surface area (Å²) in [7, 11) is 0. The van der Waals surface area contributed by atoms with Crippen molar-refractivity contribution in [1.29, 1.82) is 0 Å².